The van der Waals surface area contributed by atoms with E-state index >= 15 is 0 Å². The third-order valence-corrected chi connectivity index (χ3v) is 5.62. The number of halogens is 1. The van der Waals surface area contributed by atoms with Crippen molar-refractivity contribution in [2.24, 2.45) is 0 Å². The van der Waals surface area contributed by atoms with Crippen LogP contribution in [0, 0.1) is 10.7 Å². The summed E-state index contributed by atoms with van der Waals surface area (Å²) in [6, 6.07) is 4.13. The van der Waals surface area contributed by atoms with Crippen LogP contribution in [-0.2, 0) is 14.3 Å². The summed E-state index contributed by atoms with van der Waals surface area (Å²) in [6.07, 6.45) is 2.23. The Labute approximate surface area is 186 Å². The van der Waals surface area contributed by atoms with E-state index in [1.54, 1.807) is 5.38 Å². The number of amides is 1. The van der Waals surface area contributed by atoms with Gasteiger partial charge in [-0.1, -0.05) is 6.92 Å². The van der Waals surface area contributed by atoms with Gasteiger partial charge in [0, 0.05) is 33.8 Å². The van der Waals surface area contributed by atoms with Crippen LogP contribution in [-0.4, -0.2) is 32.4 Å². The SMILES string of the molecule is C=C[N+](=O)C(=O)CCCC(=O)O[C@@H](CC)c1csc(C(=O)c2c[nH]c3cc(F)ccc23)n1. The third-order valence-electron chi connectivity index (χ3n) is 4.76. The van der Waals surface area contributed by atoms with E-state index in [2.05, 4.69) is 16.5 Å². The third kappa shape index (κ3) is 5.20. The number of carbonyl (C=O) groups excluding carboxylic acids is 3. The van der Waals surface area contributed by atoms with Gasteiger partial charge in [-0.05, 0) is 37.6 Å². The highest BCUT2D eigenvalue weighted by Gasteiger charge is 2.23. The van der Waals surface area contributed by atoms with Crippen LogP contribution in [0.4, 0.5) is 4.39 Å². The number of ether oxygens (including phenoxy) is 1. The summed E-state index contributed by atoms with van der Waals surface area (Å²) in [5.74, 6) is -1.93. The molecule has 1 atom stereocenters. The number of aromatic nitrogens is 2. The Bertz CT molecular complexity index is 1200. The van der Waals surface area contributed by atoms with Crippen LogP contribution < -0.4 is 0 Å². The van der Waals surface area contributed by atoms with Gasteiger partial charge in [0.2, 0.25) is 12.0 Å². The quantitative estimate of drug-likeness (QED) is 0.270. The summed E-state index contributed by atoms with van der Waals surface area (Å²) in [7, 11) is 0. The Morgan fingerprint density at radius 1 is 1.34 bits per heavy atom. The highest BCUT2D eigenvalue weighted by molar-refractivity contribution is 7.12. The summed E-state index contributed by atoms with van der Waals surface area (Å²) < 4.78 is 18.9. The molecule has 8 nitrogen and oxygen atoms in total. The van der Waals surface area contributed by atoms with Gasteiger partial charge in [-0.25, -0.2) is 14.2 Å². The van der Waals surface area contributed by atoms with Gasteiger partial charge in [-0.2, -0.15) is 0 Å². The first-order valence-corrected chi connectivity index (χ1v) is 10.8. The Hall–Kier alpha value is -3.53. The van der Waals surface area contributed by atoms with Crippen LogP contribution in [0.25, 0.3) is 10.9 Å². The second-order valence-corrected chi connectivity index (χ2v) is 7.80. The summed E-state index contributed by atoms with van der Waals surface area (Å²) in [6.45, 7) is 5.03. The van der Waals surface area contributed by atoms with Gasteiger partial charge in [-0.3, -0.25) is 9.59 Å². The summed E-state index contributed by atoms with van der Waals surface area (Å²) in [5, 5.41) is 2.48. The lowest BCUT2D eigenvalue weighted by atomic mass is 10.1. The van der Waals surface area contributed by atoms with Crippen LogP contribution in [0.15, 0.2) is 42.6 Å². The number of nitroso groups, excluding NO2 is 1. The first-order valence-electron chi connectivity index (χ1n) is 9.92. The number of H-pyrrole nitrogens is 1. The van der Waals surface area contributed by atoms with Gasteiger partial charge in [0.25, 0.3) is 0 Å². The summed E-state index contributed by atoms with van der Waals surface area (Å²) >= 11 is 1.13. The number of fused-ring (bicyclic) bond motifs is 1. The molecule has 2 aromatic heterocycles. The molecule has 2 heterocycles. The number of rotatable bonds is 10. The predicted molar refractivity (Wildman–Crippen MR) is 116 cm³/mol. The van der Waals surface area contributed by atoms with E-state index in [0.29, 0.717) is 28.6 Å². The molecule has 0 bridgehead atoms. The largest absolute Gasteiger partial charge is 0.456 e. The normalized spacial score (nSPS) is 11.8. The van der Waals surface area contributed by atoms with Gasteiger partial charge >= 0.3 is 11.9 Å². The van der Waals surface area contributed by atoms with Gasteiger partial charge < -0.3 is 9.72 Å². The van der Waals surface area contributed by atoms with E-state index in [9.17, 15) is 23.7 Å². The highest BCUT2D eigenvalue weighted by atomic mass is 32.1. The molecule has 1 amide bonds. The standard InChI is InChI=1S/C22H20FN3O5S/c1-3-18(31-20(28)7-5-6-19(27)26(30)4-2)17-12-32-22(25-17)21(29)15-11-24-16-10-13(23)8-9-14(15)16/h4,8-12,18H,2-3,5-7H2,1H3/p+1/t18-/m0/s1. The van der Waals surface area contributed by atoms with Crippen LogP contribution in [0.5, 0.6) is 0 Å². The highest BCUT2D eigenvalue weighted by Crippen LogP contribution is 2.27. The molecule has 0 aliphatic rings. The molecular weight excluding hydrogens is 437 g/mol. The van der Waals surface area contributed by atoms with Crippen LogP contribution >= 0.6 is 11.3 Å². The molecule has 3 rings (SSSR count). The number of ketones is 1. The van der Waals surface area contributed by atoms with Gasteiger partial charge in [0.1, 0.15) is 16.7 Å². The van der Waals surface area contributed by atoms with E-state index in [0.717, 1.165) is 17.5 Å². The van der Waals surface area contributed by atoms with Gasteiger partial charge in [-0.15, -0.1) is 11.3 Å². The zero-order chi connectivity index (χ0) is 23.3. The Balaban J connectivity index is 1.64. The molecule has 1 N–H and O–H groups in total. The second kappa shape index (κ2) is 10.2. The Kier molecular flexibility index (Phi) is 7.37. The lowest BCUT2D eigenvalue weighted by Crippen LogP contribution is -2.14. The molecule has 1 aromatic carbocycles. The summed E-state index contributed by atoms with van der Waals surface area (Å²) in [5.41, 5.74) is 1.34. The molecule has 0 spiro atoms. The fourth-order valence-electron chi connectivity index (χ4n) is 3.11. The zero-order valence-corrected chi connectivity index (χ0v) is 18.1. The number of carbonyl (C=O) groups is 3. The molecule has 10 heteroatoms. The molecule has 0 aliphatic heterocycles. The lowest BCUT2D eigenvalue weighted by molar-refractivity contribution is -0.401. The molecule has 0 fully saturated rings. The fraction of sp³-hybridized carbons (Fsp3) is 0.273. The Morgan fingerprint density at radius 3 is 2.84 bits per heavy atom. The number of aromatic amines is 1. The molecule has 3 aromatic rings. The predicted octanol–water partition coefficient (Wildman–Crippen LogP) is 4.61. The Morgan fingerprint density at radius 2 is 2.12 bits per heavy atom. The monoisotopic (exact) mass is 458 g/mol. The van der Waals surface area contributed by atoms with Crippen LogP contribution in [0.2, 0.25) is 0 Å². The van der Waals surface area contributed by atoms with Crippen LogP contribution in [0.1, 0.15) is 59.8 Å². The number of nitrogens with zero attached hydrogens (tertiary/aromatic N) is 2. The number of hydrogen-bond donors (Lipinski definition) is 1. The topological polar surface area (TPSA) is 109 Å². The van der Waals surface area contributed by atoms with Crippen molar-refractivity contribution in [3.05, 3.63) is 69.5 Å². The first-order chi connectivity index (χ1) is 15.3. The van der Waals surface area contributed by atoms with E-state index in [-0.39, 0.29) is 34.8 Å². The molecule has 0 aliphatic carbocycles. The van der Waals surface area contributed by atoms with Crippen molar-refractivity contribution in [3.8, 4) is 0 Å². The maximum absolute atomic E-state index is 13.4. The number of nitrogens with one attached hydrogen (secondary N) is 1. The maximum Gasteiger partial charge on any atom is 0.439 e. The zero-order valence-electron chi connectivity index (χ0n) is 17.3. The molecule has 32 heavy (non-hydrogen) atoms. The molecule has 0 saturated carbocycles. The van der Waals surface area contributed by atoms with Gasteiger partial charge in [0.15, 0.2) is 5.01 Å². The number of benzene rings is 1. The van der Waals surface area contributed by atoms with Crippen LogP contribution in [0.3, 0.4) is 0 Å². The van der Waals surface area contributed by atoms with Crippen molar-refractivity contribution >= 4 is 39.9 Å². The number of esters is 1. The second-order valence-electron chi connectivity index (χ2n) is 6.94. The molecule has 0 radical (unpaired) electrons. The first kappa shape index (κ1) is 23.1. The fourth-order valence-corrected chi connectivity index (χ4v) is 3.92. The molecule has 0 unspecified atom stereocenters. The lowest BCUT2D eigenvalue weighted by Gasteiger charge is -2.13. The average molecular weight is 458 g/mol. The van der Waals surface area contributed by atoms with E-state index in [1.165, 1.54) is 24.4 Å². The molecule has 0 saturated heterocycles. The van der Waals surface area contributed by atoms with Gasteiger partial charge in [0.05, 0.1) is 17.7 Å². The van der Waals surface area contributed by atoms with E-state index < -0.39 is 23.8 Å². The number of thiazole rings is 1. The van der Waals surface area contributed by atoms with Crippen molar-refractivity contribution in [1.29, 1.82) is 0 Å². The minimum atomic E-state index is -0.678. The van der Waals surface area contributed by atoms with E-state index in [1.807, 2.05) is 6.92 Å². The van der Waals surface area contributed by atoms with Crippen molar-refractivity contribution in [2.45, 2.75) is 38.7 Å². The average Bonchev–Trinajstić information content (AvgIpc) is 3.43. The molecule has 166 valence electrons. The van der Waals surface area contributed by atoms with Crippen molar-refractivity contribution in [3.63, 3.8) is 0 Å². The van der Waals surface area contributed by atoms with E-state index in [4.69, 9.17) is 4.74 Å². The minimum absolute atomic E-state index is 0.0327. The maximum atomic E-state index is 13.4. The molecular formula is C22H21FN3O5S+. The smallest absolute Gasteiger partial charge is 0.439 e. The van der Waals surface area contributed by atoms with Crippen molar-refractivity contribution < 1.29 is 28.3 Å². The van der Waals surface area contributed by atoms with Crippen molar-refractivity contribution in [2.75, 3.05) is 0 Å². The number of hydrogen-bond acceptors (Lipinski definition) is 7. The minimum Gasteiger partial charge on any atom is -0.456 e. The summed E-state index contributed by atoms with van der Waals surface area (Å²) in [4.78, 5) is 54.8. The van der Waals surface area contributed by atoms with Crippen molar-refractivity contribution in [1.82, 2.24) is 9.97 Å².